The van der Waals surface area contributed by atoms with E-state index in [4.69, 9.17) is 17.0 Å². The zero-order valence-electron chi connectivity index (χ0n) is 17.9. The lowest BCUT2D eigenvalue weighted by atomic mass is 10.2. The summed E-state index contributed by atoms with van der Waals surface area (Å²) in [7, 11) is 0. The largest absolute Gasteiger partial charge is 0.489 e. The fraction of sp³-hybridized carbons (Fsp3) is 0.160. The molecule has 0 aliphatic carbocycles. The van der Waals surface area contributed by atoms with Crippen LogP contribution in [0.4, 0.5) is 11.4 Å². The second-order valence-corrected chi connectivity index (χ2v) is 7.84. The van der Waals surface area contributed by atoms with Gasteiger partial charge in [0.25, 0.3) is 5.91 Å². The summed E-state index contributed by atoms with van der Waals surface area (Å²) in [6.07, 6.45) is 0. The maximum atomic E-state index is 12.6. The van der Waals surface area contributed by atoms with Gasteiger partial charge in [0, 0.05) is 22.9 Å². The molecule has 6 nitrogen and oxygen atoms in total. The van der Waals surface area contributed by atoms with Gasteiger partial charge in [0.05, 0.1) is 0 Å². The summed E-state index contributed by atoms with van der Waals surface area (Å²) >= 11 is 5.25. The number of amides is 2. The number of carbonyl (C=O) groups is 2. The number of anilines is 2. The Balaban J connectivity index is 1.53. The van der Waals surface area contributed by atoms with Crippen LogP contribution in [0.1, 0.15) is 29.8 Å². The Morgan fingerprint density at radius 3 is 2.19 bits per heavy atom. The molecule has 3 aromatic carbocycles. The van der Waals surface area contributed by atoms with Crippen LogP contribution in [0.15, 0.2) is 78.9 Å². The van der Waals surface area contributed by atoms with Gasteiger partial charge in [0.2, 0.25) is 5.91 Å². The van der Waals surface area contributed by atoms with Gasteiger partial charge in [-0.05, 0) is 60.2 Å². The molecule has 0 aliphatic rings. The van der Waals surface area contributed by atoms with Gasteiger partial charge in [0.1, 0.15) is 12.4 Å². The maximum Gasteiger partial charge on any atom is 0.257 e. The predicted molar refractivity (Wildman–Crippen MR) is 131 cm³/mol. The Bertz CT molecular complexity index is 1080. The Morgan fingerprint density at radius 2 is 1.53 bits per heavy atom. The number of thiocarbonyl (C=S) groups is 1. The molecule has 3 N–H and O–H groups in total. The fourth-order valence-corrected chi connectivity index (χ4v) is 2.94. The topological polar surface area (TPSA) is 79.5 Å². The minimum atomic E-state index is -0.339. The number of hydrogen-bond donors (Lipinski definition) is 3. The van der Waals surface area contributed by atoms with E-state index in [0.29, 0.717) is 29.3 Å². The first-order chi connectivity index (χ1) is 15.4. The average molecular weight is 448 g/mol. The third-order valence-corrected chi connectivity index (χ3v) is 4.71. The van der Waals surface area contributed by atoms with Crippen LogP contribution < -0.4 is 20.7 Å². The summed E-state index contributed by atoms with van der Waals surface area (Å²) in [5, 5.41) is 8.62. The minimum absolute atomic E-state index is 0.0523. The number of nitrogens with one attached hydrogen (secondary N) is 3. The normalized spacial score (nSPS) is 10.3. The number of rotatable bonds is 7. The van der Waals surface area contributed by atoms with E-state index in [9.17, 15) is 9.59 Å². The molecule has 3 aromatic rings. The first kappa shape index (κ1) is 23.0. The molecule has 32 heavy (non-hydrogen) atoms. The van der Waals surface area contributed by atoms with Crippen molar-refractivity contribution < 1.29 is 14.3 Å². The first-order valence-corrected chi connectivity index (χ1v) is 10.6. The maximum absolute atomic E-state index is 12.6. The standard InChI is InChI=1S/C25H25N3O3S/c1-17(2)23(29)26-20-11-13-21(14-12-20)27-25(32)28-24(30)19-9-6-10-22(15-19)31-16-18-7-4-3-5-8-18/h3-15,17H,16H2,1-2H3,(H,26,29)(H2,27,28,30,32). The van der Waals surface area contributed by atoms with E-state index < -0.39 is 0 Å². The van der Waals surface area contributed by atoms with Gasteiger partial charge in [-0.3, -0.25) is 14.9 Å². The third kappa shape index (κ3) is 6.92. The van der Waals surface area contributed by atoms with E-state index in [1.165, 1.54) is 0 Å². The molecule has 7 heteroatoms. The molecule has 0 saturated carbocycles. The van der Waals surface area contributed by atoms with Crippen molar-refractivity contribution in [1.29, 1.82) is 0 Å². The zero-order chi connectivity index (χ0) is 22.9. The van der Waals surface area contributed by atoms with Gasteiger partial charge in [0.15, 0.2) is 5.11 Å². The predicted octanol–water partition coefficient (Wildman–Crippen LogP) is 4.99. The number of benzene rings is 3. The lowest BCUT2D eigenvalue weighted by molar-refractivity contribution is -0.118. The SMILES string of the molecule is CC(C)C(=O)Nc1ccc(NC(=S)NC(=O)c2cccc(OCc3ccccc3)c2)cc1. The molecular formula is C25H25N3O3S. The van der Waals surface area contributed by atoms with E-state index in [1.54, 1.807) is 48.5 Å². The molecular weight excluding hydrogens is 422 g/mol. The molecule has 0 aliphatic heterocycles. The van der Waals surface area contributed by atoms with Crippen molar-refractivity contribution in [3.05, 3.63) is 90.0 Å². The number of carbonyl (C=O) groups excluding carboxylic acids is 2. The lowest BCUT2D eigenvalue weighted by Crippen LogP contribution is -2.34. The summed E-state index contributed by atoms with van der Waals surface area (Å²) in [4.78, 5) is 24.3. The second kappa shape index (κ2) is 11.1. The Kier molecular flexibility index (Phi) is 7.94. The van der Waals surface area contributed by atoms with Crippen molar-refractivity contribution in [2.45, 2.75) is 20.5 Å². The van der Waals surface area contributed by atoms with Gasteiger partial charge in [-0.2, -0.15) is 0 Å². The van der Waals surface area contributed by atoms with Gasteiger partial charge >= 0.3 is 0 Å². The second-order valence-electron chi connectivity index (χ2n) is 7.43. The van der Waals surface area contributed by atoms with Gasteiger partial charge in [-0.15, -0.1) is 0 Å². The highest BCUT2D eigenvalue weighted by molar-refractivity contribution is 7.80. The minimum Gasteiger partial charge on any atom is -0.489 e. The Hall–Kier alpha value is -3.71. The molecule has 0 fully saturated rings. The van der Waals surface area contributed by atoms with Crippen LogP contribution >= 0.6 is 12.2 Å². The molecule has 0 atom stereocenters. The van der Waals surface area contributed by atoms with Crippen LogP contribution in [-0.4, -0.2) is 16.9 Å². The van der Waals surface area contributed by atoms with Crippen molar-refractivity contribution in [1.82, 2.24) is 5.32 Å². The van der Waals surface area contributed by atoms with E-state index in [2.05, 4.69) is 16.0 Å². The lowest BCUT2D eigenvalue weighted by Gasteiger charge is -2.12. The van der Waals surface area contributed by atoms with Crippen LogP contribution in [0.2, 0.25) is 0 Å². The fourth-order valence-electron chi connectivity index (χ4n) is 2.73. The summed E-state index contributed by atoms with van der Waals surface area (Å²) in [6, 6.07) is 23.8. The van der Waals surface area contributed by atoms with E-state index in [0.717, 1.165) is 5.56 Å². The Labute approximate surface area is 193 Å². The smallest absolute Gasteiger partial charge is 0.257 e. The van der Waals surface area contributed by atoms with Gasteiger partial charge < -0.3 is 15.4 Å². The van der Waals surface area contributed by atoms with Crippen molar-refractivity contribution in [2.24, 2.45) is 5.92 Å². The van der Waals surface area contributed by atoms with Crippen LogP contribution in [0.5, 0.6) is 5.75 Å². The molecule has 3 rings (SSSR count). The Morgan fingerprint density at radius 1 is 0.875 bits per heavy atom. The van der Waals surface area contributed by atoms with Crippen molar-refractivity contribution in [2.75, 3.05) is 10.6 Å². The molecule has 0 heterocycles. The first-order valence-electron chi connectivity index (χ1n) is 10.2. The third-order valence-electron chi connectivity index (χ3n) is 4.51. The highest BCUT2D eigenvalue weighted by Crippen LogP contribution is 2.16. The van der Waals surface area contributed by atoms with Crippen molar-refractivity contribution >= 4 is 40.5 Å². The average Bonchev–Trinajstić information content (AvgIpc) is 2.79. The quantitative estimate of drug-likeness (QED) is 0.445. The highest BCUT2D eigenvalue weighted by atomic mass is 32.1. The molecule has 0 radical (unpaired) electrons. The van der Waals surface area contributed by atoms with Crippen molar-refractivity contribution in [3.63, 3.8) is 0 Å². The van der Waals surface area contributed by atoms with Crippen LogP contribution in [-0.2, 0) is 11.4 Å². The van der Waals surface area contributed by atoms with Gasteiger partial charge in [-0.25, -0.2) is 0 Å². The van der Waals surface area contributed by atoms with Crippen LogP contribution in [0.25, 0.3) is 0 Å². The van der Waals surface area contributed by atoms with Crippen LogP contribution in [0, 0.1) is 5.92 Å². The molecule has 0 unspecified atom stereocenters. The molecule has 0 spiro atoms. The summed E-state index contributed by atoms with van der Waals surface area (Å²) in [5.74, 6) is 0.106. The molecule has 0 saturated heterocycles. The van der Waals surface area contributed by atoms with Gasteiger partial charge in [-0.1, -0.05) is 50.2 Å². The van der Waals surface area contributed by atoms with E-state index in [1.807, 2.05) is 44.2 Å². The molecule has 0 bridgehead atoms. The monoisotopic (exact) mass is 447 g/mol. The molecule has 0 aromatic heterocycles. The van der Waals surface area contributed by atoms with Crippen molar-refractivity contribution in [3.8, 4) is 5.75 Å². The summed E-state index contributed by atoms with van der Waals surface area (Å²) < 4.78 is 5.78. The summed E-state index contributed by atoms with van der Waals surface area (Å²) in [5.41, 5.74) is 2.86. The zero-order valence-corrected chi connectivity index (χ0v) is 18.7. The number of ether oxygens (including phenoxy) is 1. The van der Waals surface area contributed by atoms with Crippen LogP contribution in [0.3, 0.4) is 0 Å². The molecule has 164 valence electrons. The van der Waals surface area contributed by atoms with E-state index in [-0.39, 0.29) is 22.8 Å². The van der Waals surface area contributed by atoms with E-state index >= 15 is 0 Å². The number of hydrogen-bond acceptors (Lipinski definition) is 4. The summed E-state index contributed by atoms with van der Waals surface area (Å²) in [6.45, 7) is 4.08. The molecule has 2 amide bonds. The highest BCUT2D eigenvalue weighted by Gasteiger charge is 2.10.